The Morgan fingerprint density at radius 1 is 0.914 bits per heavy atom. The van der Waals surface area contributed by atoms with Crippen molar-refractivity contribution in [3.05, 3.63) is 59.1 Å². The van der Waals surface area contributed by atoms with Crippen molar-refractivity contribution < 1.29 is 42.9 Å². The molecule has 1 aliphatic rings. The SMILES string of the molecule is [CH2]C1OC(Oc2ccsc2C(=O)NCc2ccccc2)C(OC(C)=O)C(OC(C)=O)C1OC(C)=O. The Morgan fingerprint density at radius 3 is 2.14 bits per heavy atom. The third-order valence-electron chi connectivity index (χ3n) is 4.87. The minimum Gasteiger partial charge on any atom is -0.459 e. The largest absolute Gasteiger partial charge is 0.459 e. The molecule has 1 saturated heterocycles. The highest BCUT2D eigenvalue weighted by Crippen LogP contribution is 2.33. The second-order valence-electron chi connectivity index (χ2n) is 7.67. The molecule has 11 heteroatoms. The van der Waals surface area contributed by atoms with E-state index in [1.807, 2.05) is 30.3 Å². The third-order valence-corrected chi connectivity index (χ3v) is 5.77. The molecule has 1 aromatic carbocycles. The van der Waals surface area contributed by atoms with Crippen LogP contribution in [-0.4, -0.2) is 54.5 Å². The standard InChI is InChI=1S/C24H26NO9S/c1-13-19(31-14(2)26)20(32-15(3)27)21(33-16(4)28)24(30-13)34-18-10-11-35-22(18)23(29)25-12-17-8-6-5-7-9-17/h5-11,13,19-21,24H,1,12H2,2-4H3,(H,25,29). The lowest BCUT2D eigenvalue weighted by Crippen LogP contribution is -2.62. The molecule has 1 amide bonds. The number of rotatable bonds is 8. The summed E-state index contributed by atoms with van der Waals surface area (Å²) in [6.45, 7) is 7.62. The van der Waals surface area contributed by atoms with Crippen molar-refractivity contribution in [2.75, 3.05) is 0 Å². The summed E-state index contributed by atoms with van der Waals surface area (Å²) >= 11 is 1.15. The molecule has 5 unspecified atom stereocenters. The quantitative estimate of drug-likeness (QED) is 0.426. The van der Waals surface area contributed by atoms with Crippen molar-refractivity contribution in [3.8, 4) is 5.75 Å². The van der Waals surface area contributed by atoms with Gasteiger partial charge in [0.25, 0.3) is 5.91 Å². The first-order valence-corrected chi connectivity index (χ1v) is 11.6. The van der Waals surface area contributed by atoms with E-state index in [4.69, 9.17) is 23.7 Å². The van der Waals surface area contributed by atoms with Crippen LogP contribution in [-0.2, 0) is 39.9 Å². The van der Waals surface area contributed by atoms with Gasteiger partial charge in [-0.2, -0.15) is 0 Å². The summed E-state index contributed by atoms with van der Waals surface area (Å²) < 4.78 is 27.6. The van der Waals surface area contributed by atoms with Crippen LogP contribution in [0.2, 0.25) is 0 Å². The van der Waals surface area contributed by atoms with Crippen LogP contribution in [0.3, 0.4) is 0 Å². The average Bonchev–Trinajstić information content (AvgIpc) is 3.25. The third kappa shape index (κ3) is 7.03. The molecule has 3 rings (SSSR count). The molecule has 10 nitrogen and oxygen atoms in total. The summed E-state index contributed by atoms with van der Waals surface area (Å²) in [4.78, 5) is 48.3. The van der Waals surface area contributed by atoms with Crippen LogP contribution in [0.25, 0.3) is 0 Å². The summed E-state index contributed by atoms with van der Waals surface area (Å²) in [6, 6.07) is 10.9. The van der Waals surface area contributed by atoms with E-state index in [-0.39, 0.29) is 16.5 Å². The van der Waals surface area contributed by atoms with E-state index >= 15 is 0 Å². The van der Waals surface area contributed by atoms with Gasteiger partial charge in [0.1, 0.15) is 16.7 Å². The Hall–Kier alpha value is -3.44. The second-order valence-corrected chi connectivity index (χ2v) is 8.58. The number of nitrogens with one attached hydrogen (secondary N) is 1. The van der Waals surface area contributed by atoms with E-state index < -0.39 is 48.6 Å². The first-order chi connectivity index (χ1) is 16.7. The van der Waals surface area contributed by atoms with Gasteiger partial charge in [0.15, 0.2) is 12.2 Å². The minimum absolute atomic E-state index is 0.169. The Labute approximate surface area is 206 Å². The maximum absolute atomic E-state index is 12.8. The number of hydrogen-bond donors (Lipinski definition) is 1. The van der Waals surface area contributed by atoms with E-state index in [0.29, 0.717) is 6.54 Å². The number of hydrogen-bond acceptors (Lipinski definition) is 10. The van der Waals surface area contributed by atoms with Gasteiger partial charge in [-0.3, -0.25) is 19.2 Å². The zero-order chi connectivity index (χ0) is 25.5. The number of carbonyl (C=O) groups is 4. The number of thiophene rings is 1. The molecule has 187 valence electrons. The van der Waals surface area contributed by atoms with Crippen molar-refractivity contribution in [1.29, 1.82) is 0 Å². The first kappa shape index (κ1) is 26.2. The second kappa shape index (κ2) is 11.8. The molecule has 2 aromatic rings. The first-order valence-electron chi connectivity index (χ1n) is 10.7. The van der Waals surface area contributed by atoms with E-state index in [9.17, 15) is 19.2 Å². The average molecular weight is 505 g/mol. The molecule has 1 fully saturated rings. The fraction of sp³-hybridized carbons (Fsp3) is 0.375. The van der Waals surface area contributed by atoms with Gasteiger partial charge in [-0.05, 0) is 23.9 Å². The molecule has 2 heterocycles. The lowest BCUT2D eigenvalue weighted by atomic mass is 9.99. The van der Waals surface area contributed by atoms with Crippen LogP contribution in [0.1, 0.15) is 36.0 Å². The number of ether oxygens (including phenoxy) is 5. The number of carbonyl (C=O) groups excluding carboxylic acids is 4. The smallest absolute Gasteiger partial charge is 0.303 e. The van der Waals surface area contributed by atoms with Crippen molar-refractivity contribution in [3.63, 3.8) is 0 Å². The topological polar surface area (TPSA) is 126 Å². The maximum Gasteiger partial charge on any atom is 0.303 e. The summed E-state index contributed by atoms with van der Waals surface area (Å²) in [5.41, 5.74) is 0.922. The fourth-order valence-corrected chi connectivity index (χ4v) is 4.23. The van der Waals surface area contributed by atoms with Crippen LogP contribution in [0.15, 0.2) is 41.8 Å². The van der Waals surface area contributed by atoms with Crippen LogP contribution in [0, 0.1) is 6.92 Å². The van der Waals surface area contributed by atoms with Crippen molar-refractivity contribution in [1.82, 2.24) is 5.32 Å². The lowest BCUT2D eigenvalue weighted by Gasteiger charge is -2.43. The molecular weight excluding hydrogens is 478 g/mol. The molecule has 35 heavy (non-hydrogen) atoms. The van der Waals surface area contributed by atoms with Crippen LogP contribution in [0.5, 0.6) is 5.75 Å². The summed E-state index contributed by atoms with van der Waals surface area (Å²) in [7, 11) is 0. The minimum atomic E-state index is -1.31. The molecular formula is C24H26NO9S. The molecule has 1 N–H and O–H groups in total. The Bertz CT molecular complexity index is 1050. The highest BCUT2D eigenvalue weighted by atomic mass is 32.1. The van der Waals surface area contributed by atoms with Gasteiger partial charge in [-0.25, -0.2) is 0 Å². The fourth-order valence-electron chi connectivity index (χ4n) is 3.49. The molecule has 0 spiro atoms. The van der Waals surface area contributed by atoms with Gasteiger partial charge in [0, 0.05) is 27.3 Å². The molecule has 0 aliphatic carbocycles. The molecule has 0 saturated carbocycles. The predicted molar refractivity (Wildman–Crippen MR) is 123 cm³/mol. The van der Waals surface area contributed by atoms with Gasteiger partial charge < -0.3 is 29.0 Å². The lowest BCUT2D eigenvalue weighted by molar-refractivity contribution is -0.275. The van der Waals surface area contributed by atoms with Crippen LogP contribution in [0.4, 0.5) is 0 Å². The summed E-state index contributed by atoms with van der Waals surface area (Å²) in [5.74, 6) is -2.28. The maximum atomic E-state index is 12.8. The normalized spacial score (nSPS) is 23.6. The van der Waals surface area contributed by atoms with E-state index in [2.05, 4.69) is 12.2 Å². The number of benzene rings is 1. The van der Waals surface area contributed by atoms with Crippen molar-refractivity contribution in [2.45, 2.75) is 58.0 Å². The molecule has 1 aliphatic heterocycles. The highest BCUT2D eigenvalue weighted by molar-refractivity contribution is 7.12. The van der Waals surface area contributed by atoms with Crippen LogP contribution >= 0.6 is 11.3 Å². The molecule has 5 atom stereocenters. The van der Waals surface area contributed by atoms with Gasteiger partial charge >= 0.3 is 17.9 Å². The molecule has 1 aromatic heterocycles. The monoisotopic (exact) mass is 504 g/mol. The summed E-state index contributed by atoms with van der Waals surface area (Å²) in [5, 5.41) is 4.48. The van der Waals surface area contributed by atoms with E-state index in [0.717, 1.165) is 30.7 Å². The van der Waals surface area contributed by atoms with Crippen LogP contribution < -0.4 is 10.1 Å². The zero-order valence-electron chi connectivity index (χ0n) is 19.4. The van der Waals surface area contributed by atoms with E-state index in [1.165, 1.54) is 6.92 Å². The number of amides is 1. The Kier molecular flexibility index (Phi) is 8.83. The number of esters is 3. The predicted octanol–water partition coefficient (Wildman–Crippen LogP) is 2.41. The zero-order valence-corrected chi connectivity index (χ0v) is 20.2. The van der Waals surface area contributed by atoms with E-state index in [1.54, 1.807) is 11.4 Å². The van der Waals surface area contributed by atoms with Crippen molar-refractivity contribution >= 4 is 35.2 Å². The Balaban J connectivity index is 1.82. The van der Waals surface area contributed by atoms with Gasteiger partial charge in [-0.1, -0.05) is 30.3 Å². The highest BCUT2D eigenvalue weighted by Gasteiger charge is 2.51. The van der Waals surface area contributed by atoms with Gasteiger partial charge in [0.05, 0.1) is 0 Å². The van der Waals surface area contributed by atoms with Gasteiger partial charge in [-0.15, -0.1) is 11.3 Å². The van der Waals surface area contributed by atoms with Crippen molar-refractivity contribution in [2.24, 2.45) is 0 Å². The Morgan fingerprint density at radius 2 is 1.51 bits per heavy atom. The molecule has 1 radical (unpaired) electrons. The summed E-state index contributed by atoms with van der Waals surface area (Å²) in [6.07, 6.45) is -6.06. The van der Waals surface area contributed by atoms with Gasteiger partial charge in [0.2, 0.25) is 12.4 Å². The molecule has 0 bridgehead atoms.